The predicted molar refractivity (Wildman–Crippen MR) is 120 cm³/mol. The lowest BCUT2D eigenvalue weighted by Gasteiger charge is -2.29. The van der Waals surface area contributed by atoms with Gasteiger partial charge in [0.25, 0.3) is 5.91 Å². The van der Waals surface area contributed by atoms with Gasteiger partial charge in [-0.25, -0.2) is 5.43 Å². The second kappa shape index (κ2) is 10.7. The minimum absolute atomic E-state index is 0.133. The number of hydrogen-bond acceptors (Lipinski definition) is 8. The first-order valence-corrected chi connectivity index (χ1v) is 11.2. The number of carbonyl (C=O) groups excluding carboxylic acids is 1. The summed E-state index contributed by atoms with van der Waals surface area (Å²) in [6.45, 7) is 5.07. The third-order valence-corrected chi connectivity index (χ3v) is 6.11. The summed E-state index contributed by atoms with van der Waals surface area (Å²) in [7, 11) is 0. The van der Waals surface area contributed by atoms with E-state index >= 15 is 0 Å². The van der Waals surface area contributed by atoms with Gasteiger partial charge in [-0.2, -0.15) is 5.53 Å². The van der Waals surface area contributed by atoms with Crippen LogP contribution in [0.5, 0.6) is 5.75 Å². The molecule has 9 heteroatoms. The Kier molecular flexibility index (Phi) is 7.52. The number of piperidine rings is 1. The molecule has 0 aliphatic carbocycles. The molecular formula is C22H33N7O2. The number of amides is 1. The van der Waals surface area contributed by atoms with Gasteiger partial charge in [0.05, 0.1) is 6.61 Å². The van der Waals surface area contributed by atoms with Crippen LogP contribution in [0.3, 0.4) is 0 Å². The van der Waals surface area contributed by atoms with Crippen LogP contribution in [-0.4, -0.2) is 62.0 Å². The van der Waals surface area contributed by atoms with Crippen molar-refractivity contribution in [2.75, 3.05) is 39.3 Å². The minimum atomic E-state index is -0.133. The zero-order valence-electron chi connectivity index (χ0n) is 17.9. The van der Waals surface area contributed by atoms with E-state index in [0.29, 0.717) is 30.7 Å². The van der Waals surface area contributed by atoms with Crippen molar-refractivity contribution >= 4 is 11.7 Å². The van der Waals surface area contributed by atoms with Crippen LogP contribution in [0.25, 0.3) is 0 Å². The highest BCUT2D eigenvalue weighted by Crippen LogP contribution is 2.27. The third kappa shape index (κ3) is 5.82. The number of ether oxygens (including phenoxy) is 1. The van der Waals surface area contributed by atoms with E-state index in [1.54, 1.807) is 23.2 Å². The smallest absolute Gasteiger partial charge is 0.259 e. The Bertz CT molecular complexity index is 801. The first-order chi connectivity index (χ1) is 15.2. The Morgan fingerprint density at radius 1 is 1.23 bits per heavy atom. The van der Waals surface area contributed by atoms with E-state index in [1.807, 2.05) is 12.1 Å². The molecule has 9 nitrogen and oxygen atoms in total. The number of fused-ring (bicyclic) bond motifs is 1. The molecule has 4 rings (SSSR count). The highest BCUT2D eigenvalue weighted by atomic mass is 16.5. The molecule has 31 heavy (non-hydrogen) atoms. The molecule has 0 radical (unpaired) electrons. The zero-order chi connectivity index (χ0) is 21.5. The maximum Gasteiger partial charge on any atom is 0.259 e. The van der Waals surface area contributed by atoms with E-state index in [1.165, 1.54) is 0 Å². The van der Waals surface area contributed by atoms with Crippen LogP contribution in [0.15, 0.2) is 30.5 Å². The molecule has 0 spiro atoms. The van der Waals surface area contributed by atoms with E-state index < -0.39 is 0 Å². The summed E-state index contributed by atoms with van der Waals surface area (Å²) in [4.78, 5) is 15.0. The minimum Gasteiger partial charge on any atom is -0.493 e. The van der Waals surface area contributed by atoms with Gasteiger partial charge in [-0.05, 0) is 74.7 Å². The first-order valence-electron chi connectivity index (χ1n) is 11.2. The summed E-state index contributed by atoms with van der Waals surface area (Å²) in [5.74, 6) is 1.29. The van der Waals surface area contributed by atoms with Crippen molar-refractivity contribution in [3.05, 3.63) is 41.6 Å². The monoisotopic (exact) mass is 427 g/mol. The Labute approximate surface area is 183 Å². The molecule has 0 saturated carbocycles. The van der Waals surface area contributed by atoms with Gasteiger partial charge in [0.1, 0.15) is 11.6 Å². The fraction of sp³-hybridized carbons (Fsp3) is 0.545. The topological polar surface area (TPSA) is 114 Å². The number of hydrazine groups is 2. The molecule has 3 aliphatic rings. The van der Waals surface area contributed by atoms with Gasteiger partial charge in [-0.15, -0.1) is 0 Å². The molecule has 0 aromatic heterocycles. The lowest BCUT2D eigenvalue weighted by Crippen LogP contribution is -2.47. The highest BCUT2D eigenvalue weighted by Gasteiger charge is 2.25. The van der Waals surface area contributed by atoms with E-state index in [4.69, 9.17) is 10.1 Å². The van der Waals surface area contributed by atoms with E-state index in [0.717, 1.165) is 63.2 Å². The number of nitrogens with one attached hydrogen (secondary N) is 6. The molecule has 6 N–H and O–H groups in total. The predicted octanol–water partition coefficient (Wildman–Crippen LogP) is 0.515. The number of carbonyl (C=O) groups is 1. The highest BCUT2D eigenvalue weighted by molar-refractivity contribution is 6.09. The number of amidine groups is 1. The van der Waals surface area contributed by atoms with Gasteiger partial charge in [-0.3, -0.25) is 15.1 Å². The van der Waals surface area contributed by atoms with Crippen molar-refractivity contribution in [1.82, 2.24) is 31.9 Å². The molecule has 1 amide bonds. The fourth-order valence-electron chi connectivity index (χ4n) is 4.26. The maximum atomic E-state index is 13.4. The molecule has 1 atom stereocenters. The SMILES string of the molecule is N=C(/C=C\NNN[C@@H]1CCNC1)N(CC1CCNCC1)C(=O)c1ccc2c(c1)CCO2. The number of rotatable bonds is 8. The van der Waals surface area contributed by atoms with Crippen molar-refractivity contribution in [3.8, 4) is 5.75 Å². The van der Waals surface area contributed by atoms with Gasteiger partial charge in [0.15, 0.2) is 0 Å². The van der Waals surface area contributed by atoms with Gasteiger partial charge in [0, 0.05) is 37.3 Å². The number of nitrogens with zero attached hydrogens (tertiary/aromatic N) is 1. The standard InChI is InChI=1S/C22H33N7O2/c23-21(6-11-26-28-27-19-5-10-25-14-19)29(15-16-3-8-24-9-4-16)22(30)18-1-2-20-17(13-18)7-12-31-20/h1-2,6,11,13,16,19,23-28H,3-5,7-10,12,14-15H2/b11-6-,23-21?/t19-/m1/s1. The molecule has 2 saturated heterocycles. The summed E-state index contributed by atoms with van der Waals surface area (Å²) in [5, 5.41) is 15.2. The summed E-state index contributed by atoms with van der Waals surface area (Å²) in [6.07, 6.45) is 7.18. The molecule has 0 unspecified atom stereocenters. The van der Waals surface area contributed by atoms with Crippen LogP contribution >= 0.6 is 0 Å². The number of hydrogen-bond donors (Lipinski definition) is 6. The Morgan fingerprint density at radius 3 is 2.87 bits per heavy atom. The average Bonchev–Trinajstić information content (AvgIpc) is 3.48. The van der Waals surface area contributed by atoms with Crippen molar-refractivity contribution in [3.63, 3.8) is 0 Å². The molecular weight excluding hydrogens is 394 g/mol. The molecule has 3 heterocycles. The lowest BCUT2D eigenvalue weighted by atomic mass is 9.97. The second-order valence-corrected chi connectivity index (χ2v) is 8.35. The van der Waals surface area contributed by atoms with Crippen LogP contribution in [0.2, 0.25) is 0 Å². The molecule has 168 valence electrons. The van der Waals surface area contributed by atoms with Crippen molar-refractivity contribution in [1.29, 1.82) is 5.41 Å². The number of benzene rings is 1. The fourth-order valence-corrected chi connectivity index (χ4v) is 4.26. The maximum absolute atomic E-state index is 13.4. The Hall–Kier alpha value is -2.46. The Balaban J connectivity index is 1.39. The van der Waals surface area contributed by atoms with Crippen molar-refractivity contribution in [2.24, 2.45) is 5.92 Å². The van der Waals surface area contributed by atoms with Crippen molar-refractivity contribution < 1.29 is 9.53 Å². The Morgan fingerprint density at radius 2 is 2.06 bits per heavy atom. The van der Waals surface area contributed by atoms with E-state index in [-0.39, 0.29) is 11.7 Å². The normalized spacial score (nSPS) is 21.1. The van der Waals surface area contributed by atoms with Crippen molar-refractivity contribution in [2.45, 2.75) is 31.7 Å². The third-order valence-electron chi connectivity index (χ3n) is 6.11. The zero-order valence-corrected chi connectivity index (χ0v) is 17.9. The average molecular weight is 428 g/mol. The van der Waals surface area contributed by atoms with E-state index in [9.17, 15) is 4.79 Å². The van der Waals surface area contributed by atoms with Crippen LogP contribution in [0.1, 0.15) is 35.2 Å². The first kappa shape index (κ1) is 21.8. The largest absolute Gasteiger partial charge is 0.493 e. The van der Waals surface area contributed by atoms with Crippen LogP contribution in [-0.2, 0) is 6.42 Å². The van der Waals surface area contributed by atoms with Gasteiger partial charge < -0.3 is 20.8 Å². The molecule has 0 bridgehead atoms. The molecule has 1 aromatic carbocycles. The molecule has 3 aliphatic heterocycles. The molecule has 2 fully saturated rings. The van der Waals surface area contributed by atoms with E-state index in [2.05, 4.69) is 27.0 Å². The second-order valence-electron chi connectivity index (χ2n) is 8.35. The molecule has 1 aromatic rings. The van der Waals surface area contributed by atoms with Crippen LogP contribution in [0.4, 0.5) is 0 Å². The quantitative estimate of drug-likeness (QED) is 0.155. The summed E-state index contributed by atoms with van der Waals surface area (Å²) >= 11 is 0. The van der Waals surface area contributed by atoms with Crippen LogP contribution in [0, 0.1) is 11.3 Å². The van der Waals surface area contributed by atoms with Gasteiger partial charge in [-0.1, -0.05) is 0 Å². The summed E-state index contributed by atoms with van der Waals surface area (Å²) in [6, 6.07) is 5.96. The van der Waals surface area contributed by atoms with Gasteiger partial charge in [0.2, 0.25) is 0 Å². The summed E-state index contributed by atoms with van der Waals surface area (Å²) in [5.41, 5.74) is 10.7. The van der Waals surface area contributed by atoms with Gasteiger partial charge >= 0.3 is 0 Å². The lowest BCUT2D eigenvalue weighted by molar-refractivity contribution is 0.0823. The summed E-state index contributed by atoms with van der Waals surface area (Å²) < 4.78 is 5.57. The van der Waals surface area contributed by atoms with Crippen LogP contribution < -0.4 is 31.8 Å².